The third-order valence-electron chi connectivity index (χ3n) is 5.81. The maximum atomic E-state index is 15.5. The molecule has 3 aromatic rings. The minimum absolute atomic E-state index is 0.0704. The van der Waals surface area contributed by atoms with E-state index < -0.39 is 29.9 Å². The SMILES string of the molecule is Cc1ccc([C@](F)(C#N)C(=O)O[C@H]2Cc3ccccc3[C@H]2NC(=O)OCc2ccccc2)cc1. The van der Waals surface area contributed by atoms with Gasteiger partial charge in [-0.2, -0.15) is 5.26 Å². The summed E-state index contributed by atoms with van der Waals surface area (Å²) in [6.07, 6.45) is -1.33. The van der Waals surface area contributed by atoms with Gasteiger partial charge >= 0.3 is 17.7 Å². The van der Waals surface area contributed by atoms with Gasteiger partial charge in [0.1, 0.15) is 18.8 Å². The molecule has 7 heteroatoms. The number of rotatable bonds is 6. The van der Waals surface area contributed by atoms with Gasteiger partial charge in [-0.15, -0.1) is 0 Å². The van der Waals surface area contributed by atoms with Crippen LogP contribution in [0.2, 0.25) is 0 Å². The van der Waals surface area contributed by atoms with E-state index in [0.29, 0.717) is 0 Å². The summed E-state index contributed by atoms with van der Waals surface area (Å²) < 4.78 is 26.3. The lowest BCUT2D eigenvalue weighted by Crippen LogP contribution is -2.40. The Kier molecular flexibility index (Phi) is 6.60. The molecule has 0 bridgehead atoms. The van der Waals surface area contributed by atoms with E-state index in [2.05, 4.69) is 5.32 Å². The van der Waals surface area contributed by atoms with Gasteiger partial charge in [0.25, 0.3) is 0 Å². The summed E-state index contributed by atoms with van der Waals surface area (Å²) in [4.78, 5) is 25.4. The van der Waals surface area contributed by atoms with Crippen molar-refractivity contribution in [3.05, 3.63) is 107 Å². The lowest BCUT2D eigenvalue weighted by atomic mass is 9.96. The standard InChI is InChI=1S/C27H23FN2O4/c1-18-11-13-21(14-12-18)27(28,17-29)25(31)34-23-15-20-9-5-6-10-22(20)24(23)30-26(32)33-16-19-7-3-2-4-8-19/h2-14,23-24H,15-16H2,1H3,(H,30,32)/t23-,24+,27+/m0/s1. The van der Waals surface area contributed by atoms with Crippen LogP contribution in [0.25, 0.3) is 0 Å². The van der Waals surface area contributed by atoms with Gasteiger partial charge in [0.2, 0.25) is 0 Å². The van der Waals surface area contributed by atoms with Crippen molar-refractivity contribution in [2.45, 2.75) is 37.8 Å². The average molecular weight is 458 g/mol. The first-order valence-corrected chi connectivity index (χ1v) is 10.8. The minimum atomic E-state index is -2.97. The Morgan fingerprint density at radius 1 is 1.06 bits per heavy atom. The third kappa shape index (κ3) is 4.76. The van der Waals surface area contributed by atoms with Gasteiger partial charge in [-0.25, -0.2) is 14.0 Å². The molecule has 0 heterocycles. The molecule has 1 aliphatic carbocycles. The number of alkyl halides is 1. The Morgan fingerprint density at radius 2 is 1.74 bits per heavy atom. The van der Waals surface area contributed by atoms with Crippen LogP contribution in [0.5, 0.6) is 0 Å². The van der Waals surface area contributed by atoms with E-state index in [-0.39, 0.29) is 18.6 Å². The number of hydrogen-bond donors (Lipinski definition) is 1. The molecular formula is C27H23FN2O4. The van der Waals surface area contributed by atoms with E-state index >= 15 is 4.39 Å². The van der Waals surface area contributed by atoms with Gasteiger partial charge < -0.3 is 14.8 Å². The molecule has 1 aliphatic rings. The molecule has 1 amide bonds. The number of benzene rings is 3. The average Bonchev–Trinajstić information content (AvgIpc) is 3.20. The fourth-order valence-corrected chi connectivity index (χ4v) is 3.96. The van der Waals surface area contributed by atoms with Crippen LogP contribution in [-0.2, 0) is 33.0 Å². The summed E-state index contributed by atoms with van der Waals surface area (Å²) in [5.41, 5.74) is 0.205. The Hall–Kier alpha value is -4.18. The zero-order valence-corrected chi connectivity index (χ0v) is 18.5. The Bertz CT molecular complexity index is 1220. The monoisotopic (exact) mass is 458 g/mol. The molecule has 3 aromatic carbocycles. The van der Waals surface area contributed by atoms with Crippen LogP contribution in [-0.4, -0.2) is 18.2 Å². The zero-order valence-electron chi connectivity index (χ0n) is 18.5. The van der Waals surface area contributed by atoms with Crippen molar-refractivity contribution in [3.8, 4) is 6.07 Å². The molecule has 0 aliphatic heterocycles. The summed E-state index contributed by atoms with van der Waals surface area (Å²) in [6, 6.07) is 23.2. The summed E-state index contributed by atoms with van der Waals surface area (Å²) in [7, 11) is 0. The summed E-state index contributed by atoms with van der Waals surface area (Å²) >= 11 is 0. The van der Waals surface area contributed by atoms with Crippen molar-refractivity contribution in [1.82, 2.24) is 5.32 Å². The summed E-state index contributed by atoms with van der Waals surface area (Å²) in [6.45, 7) is 1.89. The second kappa shape index (κ2) is 9.75. The van der Waals surface area contributed by atoms with Crippen molar-refractivity contribution in [2.24, 2.45) is 0 Å². The first-order valence-electron chi connectivity index (χ1n) is 10.8. The first kappa shape index (κ1) is 23.0. The summed E-state index contributed by atoms with van der Waals surface area (Å²) in [5, 5.41) is 12.2. The maximum Gasteiger partial charge on any atom is 0.408 e. The van der Waals surface area contributed by atoms with Crippen LogP contribution >= 0.6 is 0 Å². The fraction of sp³-hybridized carbons (Fsp3) is 0.222. The van der Waals surface area contributed by atoms with Crippen LogP contribution in [0, 0.1) is 18.3 Å². The number of carbonyl (C=O) groups is 2. The number of hydrogen-bond acceptors (Lipinski definition) is 5. The number of esters is 1. The van der Waals surface area contributed by atoms with Crippen LogP contribution in [0.3, 0.4) is 0 Å². The molecule has 0 saturated heterocycles. The number of amides is 1. The predicted molar refractivity (Wildman–Crippen MR) is 122 cm³/mol. The summed E-state index contributed by atoms with van der Waals surface area (Å²) in [5.74, 6) is -1.32. The van der Waals surface area contributed by atoms with E-state index in [1.165, 1.54) is 18.2 Å². The molecule has 0 fully saturated rings. The smallest absolute Gasteiger partial charge is 0.408 e. The van der Waals surface area contributed by atoms with Gasteiger partial charge in [-0.1, -0.05) is 84.4 Å². The molecule has 0 spiro atoms. The maximum absolute atomic E-state index is 15.5. The second-order valence-electron chi connectivity index (χ2n) is 8.17. The second-order valence-corrected chi connectivity index (χ2v) is 8.17. The lowest BCUT2D eigenvalue weighted by Gasteiger charge is -2.25. The van der Waals surface area contributed by atoms with Gasteiger partial charge in [-0.3, -0.25) is 0 Å². The molecule has 172 valence electrons. The zero-order chi connectivity index (χ0) is 24.1. The highest BCUT2D eigenvalue weighted by Gasteiger charge is 2.46. The third-order valence-corrected chi connectivity index (χ3v) is 5.81. The molecule has 3 atom stereocenters. The highest BCUT2D eigenvalue weighted by molar-refractivity contribution is 5.85. The molecule has 0 unspecified atom stereocenters. The van der Waals surface area contributed by atoms with Crippen LogP contribution in [0.4, 0.5) is 9.18 Å². The number of carbonyl (C=O) groups excluding carboxylic acids is 2. The van der Waals surface area contributed by atoms with E-state index in [4.69, 9.17) is 9.47 Å². The topological polar surface area (TPSA) is 88.4 Å². The van der Waals surface area contributed by atoms with Crippen molar-refractivity contribution in [2.75, 3.05) is 0 Å². The Balaban J connectivity index is 1.50. The number of nitrogens with zero attached hydrogens (tertiary/aromatic N) is 1. The lowest BCUT2D eigenvalue weighted by molar-refractivity contribution is -0.161. The van der Waals surface area contributed by atoms with Crippen LogP contribution in [0.1, 0.15) is 33.9 Å². The number of ether oxygens (including phenoxy) is 2. The largest absolute Gasteiger partial charge is 0.456 e. The van der Waals surface area contributed by atoms with Crippen molar-refractivity contribution >= 4 is 12.1 Å². The number of nitriles is 1. The molecule has 0 saturated carbocycles. The quantitative estimate of drug-likeness (QED) is 0.535. The fourth-order valence-electron chi connectivity index (χ4n) is 3.96. The van der Waals surface area contributed by atoms with Gasteiger partial charge in [0.15, 0.2) is 0 Å². The van der Waals surface area contributed by atoms with E-state index in [0.717, 1.165) is 22.3 Å². The van der Waals surface area contributed by atoms with Crippen molar-refractivity contribution in [3.63, 3.8) is 0 Å². The van der Waals surface area contributed by atoms with Crippen molar-refractivity contribution in [1.29, 1.82) is 5.26 Å². The first-order chi connectivity index (χ1) is 16.4. The predicted octanol–water partition coefficient (Wildman–Crippen LogP) is 4.82. The number of halogens is 1. The number of nitrogens with one attached hydrogen (secondary N) is 1. The van der Waals surface area contributed by atoms with E-state index in [9.17, 15) is 14.9 Å². The van der Waals surface area contributed by atoms with E-state index in [1.54, 1.807) is 24.3 Å². The van der Waals surface area contributed by atoms with Crippen molar-refractivity contribution < 1.29 is 23.5 Å². The molecule has 0 aromatic heterocycles. The van der Waals surface area contributed by atoms with Gasteiger partial charge in [0, 0.05) is 12.0 Å². The Labute approximate surface area is 196 Å². The molecule has 0 radical (unpaired) electrons. The highest BCUT2D eigenvalue weighted by Crippen LogP contribution is 2.36. The van der Waals surface area contributed by atoms with Gasteiger partial charge in [0.05, 0.1) is 6.04 Å². The Morgan fingerprint density at radius 3 is 2.44 bits per heavy atom. The van der Waals surface area contributed by atoms with Crippen LogP contribution < -0.4 is 5.32 Å². The minimum Gasteiger partial charge on any atom is -0.456 e. The number of alkyl carbamates (subject to hydrolysis) is 1. The number of aryl methyl sites for hydroxylation is 1. The molecule has 4 rings (SSSR count). The molecular weight excluding hydrogens is 435 g/mol. The van der Waals surface area contributed by atoms with Gasteiger partial charge in [-0.05, 0) is 23.6 Å². The highest BCUT2D eigenvalue weighted by atomic mass is 19.1. The van der Waals surface area contributed by atoms with Crippen LogP contribution in [0.15, 0.2) is 78.9 Å². The molecule has 6 nitrogen and oxygen atoms in total. The number of fused-ring (bicyclic) bond motifs is 1. The molecule has 34 heavy (non-hydrogen) atoms. The van der Waals surface area contributed by atoms with E-state index in [1.807, 2.05) is 49.4 Å². The molecule has 1 N–H and O–H groups in total. The normalized spacial score (nSPS) is 18.1.